The first kappa shape index (κ1) is 14.4. The quantitative estimate of drug-likeness (QED) is 0.767. The monoisotopic (exact) mass is 283 g/mol. The Morgan fingerprint density at radius 3 is 2.76 bits per heavy atom. The molecule has 2 nitrogen and oxygen atoms in total. The van der Waals surface area contributed by atoms with E-state index < -0.39 is 0 Å². The van der Waals surface area contributed by atoms with Crippen molar-refractivity contribution in [2.75, 3.05) is 6.61 Å². The van der Waals surface area contributed by atoms with Gasteiger partial charge in [0.1, 0.15) is 5.75 Å². The fraction of sp³-hybridized carbons (Fsp3) is 0.632. The summed E-state index contributed by atoms with van der Waals surface area (Å²) in [5, 5.41) is 8.72. The lowest BCUT2D eigenvalue weighted by atomic mass is 9.78. The van der Waals surface area contributed by atoms with Crippen molar-refractivity contribution >= 4 is 0 Å². The van der Waals surface area contributed by atoms with Gasteiger partial charge in [-0.2, -0.15) is 5.26 Å². The number of nitriles is 1. The van der Waals surface area contributed by atoms with E-state index in [0.717, 1.165) is 18.8 Å². The maximum absolute atomic E-state index is 8.72. The van der Waals surface area contributed by atoms with Gasteiger partial charge in [0.2, 0.25) is 0 Å². The van der Waals surface area contributed by atoms with Crippen LogP contribution in [0.5, 0.6) is 5.75 Å². The number of benzene rings is 1. The minimum Gasteiger partial charge on any atom is -0.493 e. The zero-order chi connectivity index (χ0) is 14.5. The molecule has 2 heteroatoms. The largest absolute Gasteiger partial charge is 0.493 e. The van der Waals surface area contributed by atoms with Gasteiger partial charge in [-0.15, -0.1) is 0 Å². The van der Waals surface area contributed by atoms with Crippen LogP contribution in [0, 0.1) is 17.2 Å². The maximum Gasteiger partial charge on any atom is 0.123 e. The molecule has 2 atom stereocenters. The van der Waals surface area contributed by atoms with Crippen LogP contribution in [0.1, 0.15) is 68.4 Å². The average Bonchev–Trinajstić information content (AvgIpc) is 2.64. The van der Waals surface area contributed by atoms with Crippen LogP contribution in [0.25, 0.3) is 0 Å². The third-order valence-corrected chi connectivity index (χ3v) is 5.11. The fourth-order valence-electron chi connectivity index (χ4n) is 3.91. The van der Waals surface area contributed by atoms with Crippen molar-refractivity contribution in [1.82, 2.24) is 0 Å². The topological polar surface area (TPSA) is 33.0 Å². The number of nitrogens with zero attached hydrogens (tertiary/aromatic N) is 1. The van der Waals surface area contributed by atoms with E-state index in [-0.39, 0.29) is 0 Å². The fourth-order valence-corrected chi connectivity index (χ4v) is 3.91. The minimum atomic E-state index is 0.588. The van der Waals surface area contributed by atoms with E-state index in [4.69, 9.17) is 10.00 Å². The highest BCUT2D eigenvalue weighted by molar-refractivity contribution is 5.42. The Hall–Kier alpha value is -1.49. The van der Waals surface area contributed by atoms with Crippen molar-refractivity contribution < 1.29 is 4.74 Å². The highest BCUT2D eigenvalue weighted by Gasteiger charge is 2.30. The number of rotatable bonds is 2. The van der Waals surface area contributed by atoms with Crippen LogP contribution in [-0.2, 0) is 6.42 Å². The van der Waals surface area contributed by atoms with Crippen LogP contribution in [-0.4, -0.2) is 6.61 Å². The molecule has 0 bridgehead atoms. The molecule has 0 radical (unpaired) electrons. The number of ether oxygens (including phenoxy) is 1. The molecule has 1 fully saturated rings. The molecule has 1 aromatic rings. The zero-order valence-electron chi connectivity index (χ0n) is 12.8. The van der Waals surface area contributed by atoms with Gasteiger partial charge in [0.25, 0.3) is 0 Å². The van der Waals surface area contributed by atoms with E-state index in [2.05, 4.69) is 24.3 Å². The first-order valence-electron chi connectivity index (χ1n) is 8.51. The van der Waals surface area contributed by atoms with E-state index in [9.17, 15) is 0 Å². The van der Waals surface area contributed by atoms with Gasteiger partial charge in [0, 0.05) is 6.42 Å². The van der Waals surface area contributed by atoms with Gasteiger partial charge >= 0.3 is 0 Å². The molecule has 1 aromatic carbocycles. The lowest BCUT2D eigenvalue weighted by Crippen LogP contribution is -2.26. The molecule has 1 heterocycles. The Bertz CT molecular complexity index is 517. The summed E-state index contributed by atoms with van der Waals surface area (Å²) >= 11 is 0. The molecule has 112 valence electrons. The second-order valence-corrected chi connectivity index (χ2v) is 6.55. The molecule has 0 N–H and O–H groups in total. The summed E-state index contributed by atoms with van der Waals surface area (Å²) in [7, 11) is 0. The van der Waals surface area contributed by atoms with E-state index in [1.807, 2.05) is 0 Å². The maximum atomic E-state index is 8.72. The van der Waals surface area contributed by atoms with Crippen molar-refractivity contribution in [2.45, 2.75) is 63.7 Å². The van der Waals surface area contributed by atoms with Crippen molar-refractivity contribution in [3.8, 4) is 11.8 Å². The second-order valence-electron chi connectivity index (χ2n) is 6.55. The number of hydrogen-bond acceptors (Lipinski definition) is 2. The third kappa shape index (κ3) is 3.40. The summed E-state index contributed by atoms with van der Waals surface area (Å²) < 4.78 is 6.07. The molecule has 2 aliphatic rings. The number of aryl methyl sites for hydroxylation is 1. The summed E-state index contributed by atoms with van der Waals surface area (Å²) in [6, 6.07) is 8.88. The van der Waals surface area contributed by atoms with Crippen molar-refractivity contribution in [3.63, 3.8) is 0 Å². The minimum absolute atomic E-state index is 0.588. The standard InChI is InChI=1S/C19H25NO/c20-12-6-7-15-10-11-18-17-9-5-3-1-2-4-8-16(17)14-21-19(18)13-15/h10-11,13,16-17H,1-9,14H2. The number of hydrogen-bond donors (Lipinski definition) is 0. The SMILES string of the molecule is N#CCCc1ccc2c(c1)OCC1CCCCCCCC21. The molecular formula is C19H25NO. The Kier molecular flexibility index (Phi) is 4.80. The highest BCUT2D eigenvalue weighted by Crippen LogP contribution is 2.43. The van der Waals surface area contributed by atoms with Crippen molar-refractivity contribution in [1.29, 1.82) is 5.26 Å². The van der Waals surface area contributed by atoms with Crippen LogP contribution in [0.3, 0.4) is 0 Å². The summed E-state index contributed by atoms with van der Waals surface area (Å²) in [5.74, 6) is 2.49. The molecule has 1 saturated carbocycles. The molecule has 0 amide bonds. The van der Waals surface area contributed by atoms with Gasteiger partial charge in [-0.1, -0.05) is 44.2 Å². The van der Waals surface area contributed by atoms with Gasteiger partial charge < -0.3 is 4.74 Å². The molecule has 3 rings (SSSR count). The van der Waals surface area contributed by atoms with Crippen molar-refractivity contribution in [3.05, 3.63) is 29.3 Å². The number of fused-ring (bicyclic) bond motifs is 3. The summed E-state index contributed by atoms with van der Waals surface area (Å²) in [6.45, 7) is 0.888. The Morgan fingerprint density at radius 2 is 1.90 bits per heavy atom. The van der Waals surface area contributed by atoms with E-state index in [1.165, 1.54) is 56.1 Å². The first-order valence-corrected chi connectivity index (χ1v) is 8.51. The van der Waals surface area contributed by atoms with Gasteiger partial charge in [0.05, 0.1) is 12.7 Å². The van der Waals surface area contributed by atoms with Crippen molar-refractivity contribution in [2.24, 2.45) is 5.92 Å². The summed E-state index contributed by atoms with van der Waals surface area (Å²) in [4.78, 5) is 0. The van der Waals surface area contributed by atoms with Gasteiger partial charge in [-0.3, -0.25) is 0 Å². The van der Waals surface area contributed by atoms with Crippen LogP contribution < -0.4 is 4.74 Å². The predicted molar refractivity (Wildman–Crippen MR) is 84.4 cm³/mol. The van der Waals surface area contributed by atoms with Gasteiger partial charge in [-0.25, -0.2) is 0 Å². The normalized spacial score (nSPS) is 25.3. The van der Waals surface area contributed by atoms with Crippen LogP contribution in [0.2, 0.25) is 0 Å². The molecule has 1 aliphatic heterocycles. The Labute approximate surface area is 128 Å². The summed E-state index contributed by atoms with van der Waals surface area (Å²) in [6.07, 6.45) is 11.0. The molecule has 0 saturated heterocycles. The van der Waals surface area contributed by atoms with E-state index >= 15 is 0 Å². The van der Waals surface area contributed by atoms with E-state index in [0.29, 0.717) is 18.3 Å². The zero-order valence-corrected chi connectivity index (χ0v) is 12.8. The van der Waals surface area contributed by atoms with Crippen LogP contribution in [0.15, 0.2) is 18.2 Å². The molecular weight excluding hydrogens is 258 g/mol. The smallest absolute Gasteiger partial charge is 0.123 e. The Morgan fingerprint density at radius 1 is 1.10 bits per heavy atom. The molecule has 0 spiro atoms. The van der Waals surface area contributed by atoms with Gasteiger partial charge in [0.15, 0.2) is 0 Å². The van der Waals surface area contributed by atoms with Crippen LogP contribution in [0.4, 0.5) is 0 Å². The van der Waals surface area contributed by atoms with Crippen LogP contribution >= 0.6 is 0 Å². The highest BCUT2D eigenvalue weighted by atomic mass is 16.5. The summed E-state index contributed by atoms with van der Waals surface area (Å²) in [5.41, 5.74) is 2.66. The lowest BCUT2D eigenvalue weighted by Gasteiger charge is -2.34. The second kappa shape index (κ2) is 6.98. The Balaban J connectivity index is 1.81. The predicted octanol–water partition coefficient (Wildman–Crippen LogP) is 4.98. The molecule has 21 heavy (non-hydrogen) atoms. The molecule has 2 unspecified atom stereocenters. The first-order chi connectivity index (χ1) is 10.4. The lowest BCUT2D eigenvalue weighted by molar-refractivity contribution is 0.178. The van der Waals surface area contributed by atoms with E-state index in [1.54, 1.807) is 0 Å². The molecule has 1 aliphatic carbocycles. The van der Waals surface area contributed by atoms with Gasteiger partial charge in [-0.05, 0) is 48.3 Å². The third-order valence-electron chi connectivity index (χ3n) is 5.11. The average molecular weight is 283 g/mol. The molecule has 0 aromatic heterocycles.